The Morgan fingerprint density at radius 2 is 1.81 bits per heavy atom. The highest BCUT2D eigenvalue weighted by atomic mass is 35.5. The number of rotatable bonds is 5. The molecule has 8 heteroatoms. The minimum atomic E-state index is -0.482. The molecule has 3 aromatic rings. The number of halogens is 1. The maximum Gasteiger partial charge on any atom is 0.287 e. The number of hydrogen-bond acceptors (Lipinski definition) is 4. The molecule has 3 N–H and O–H groups in total. The third-order valence-electron chi connectivity index (χ3n) is 3.79. The van der Waals surface area contributed by atoms with E-state index in [0.717, 1.165) is 16.9 Å². The number of nitrogens with one attached hydrogen (secondary N) is 3. The molecule has 0 aliphatic carbocycles. The third-order valence-corrected chi connectivity index (χ3v) is 4.21. The number of aromatic nitrogens is 2. The van der Waals surface area contributed by atoms with Crippen molar-refractivity contribution in [2.45, 2.75) is 13.5 Å². The second-order valence-corrected chi connectivity index (χ2v) is 6.18. The number of amides is 2. The molecule has 0 spiro atoms. The van der Waals surface area contributed by atoms with Crippen molar-refractivity contribution in [3.63, 3.8) is 0 Å². The van der Waals surface area contributed by atoms with Crippen LogP contribution in [0.2, 0.25) is 5.02 Å². The van der Waals surface area contributed by atoms with E-state index < -0.39 is 11.8 Å². The third kappa shape index (κ3) is 4.86. The van der Waals surface area contributed by atoms with Crippen LogP contribution in [0.3, 0.4) is 0 Å². The van der Waals surface area contributed by atoms with Crippen LogP contribution in [0.4, 0.5) is 0 Å². The van der Waals surface area contributed by atoms with Gasteiger partial charge in [0.1, 0.15) is 18.1 Å². The average molecular weight is 385 g/mol. The van der Waals surface area contributed by atoms with Gasteiger partial charge in [-0.25, -0.2) is 0 Å². The van der Waals surface area contributed by atoms with Gasteiger partial charge in [0.2, 0.25) is 0 Å². The summed E-state index contributed by atoms with van der Waals surface area (Å²) in [4.78, 5) is 23.8. The van der Waals surface area contributed by atoms with E-state index in [-0.39, 0.29) is 5.69 Å². The van der Waals surface area contributed by atoms with Crippen LogP contribution < -0.4 is 15.6 Å². The van der Waals surface area contributed by atoms with E-state index in [1.54, 1.807) is 36.4 Å². The highest BCUT2D eigenvalue weighted by Crippen LogP contribution is 2.21. The van der Waals surface area contributed by atoms with E-state index in [0.29, 0.717) is 17.2 Å². The first-order valence-corrected chi connectivity index (χ1v) is 8.48. The largest absolute Gasteiger partial charge is 0.489 e. The van der Waals surface area contributed by atoms with Gasteiger partial charge < -0.3 is 4.74 Å². The van der Waals surface area contributed by atoms with E-state index in [1.165, 1.54) is 12.3 Å². The predicted molar refractivity (Wildman–Crippen MR) is 100 cm³/mol. The zero-order valence-corrected chi connectivity index (χ0v) is 15.2. The Morgan fingerprint density at radius 1 is 1.07 bits per heavy atom. The number of nitrogens with zero attached hydrogens (tertiary/aromatic N) is 1. The Balaban J connectivity index is 1.52. The summed E-state index contributed by atoms with van der Waals surface area (Å²) in [6.45, 7) is 2.27. The fraction of sp³-hybridized carbons (Fsp3) is 0.105. The van der Waals surface area contributed by atoms with Gasteiger partial charge in [-0.3, -0.25) is 25.5 Å². The van der Waals surface area contributed by atoms with Crippen LogP contribution in [0.25, 0.3) is 0 Å². The van der Waals surface area contributed by atoms with Crippen LogP contribution in [0, 0.1) is 6.92 Å². The lowest BCUT2D eigenvalue weighted by molar-refractivity contribution is 0.0844. The van der Waals surface area contributed by atoms with Gasteiger partial charge in [-0.05, 0) is 54.4 Å². The first-order chi connectivity index (χ1) is 13.0. The summed E-state index contributed by atoms with van der Waals surface area (Å²) < 4.78 is 5.72. The van der Waals surface area contributed by atoms with E-state index in [2.05, 4.69) is 21.0 Å². The van der Waals surface area contributed by atoms with E-state index in [9.17, 15) is 9.59 Å². The molecule has 7 nitrogen and oxygen atoms in total. The second kappa shape index (κ2) is 8.37. The summed E-state index contributed by atoms with van der Waals surface area (Å²) in [7, 11) is 0. The molecule has 0 radical (unpaired) electrons. The number of hydrazine groups is 1. The summed E-state index contributed by atoms with van der Waals surface area (Å²) in [5.41, 5.74) is 7.16. The molecule has 0 aliphatic rings. The first-order valence-electron chi connectivity index (χ1n) is 8.11. The monoisotopic (exact) mass is 384 g/mol. The standard InChI is InChI=1S/C19H17ClN4O3/c1-12-10-15(6-7-16(12)20)27-11-13-2-4-14(5-3-13)18(25)23-24-19(26)17-8-9-21-22-17/h2-10H,11H2,1H3,(H,21,22)(H,23,25)(H,24,26). The molecular weight excluding hydrogens is 368 g/mol. The average Bonchev–Trinajstić information content (AvgIpc) is 3.22. The topological polar surface area (TPSA) is 96.1 Å². The van der Waals surface area contributed by atoms with Gasteiger partial charge in [0.25, 0.3) is 11.8 Å². The summed E-state index contributed by atoms with van der Waals surface area (Å²) in [5.74, 6) is -0.187. The zero-order chi connectivity index (χ0) is 19.2. The molecule has 2 amide bonds. The Hall–Kier alpha value is -3.32. The van der Waals surface area contributed by atoms with Crippen LogP contribution in [0.1, 0.15) is 32.0 Å². The molecule has 2 aromatic carbocycles. The van der Waals surface area contributed by atoms with Gasteiger partial charge in [0.15, 0.2) is 0 Å². The summed E-state index contributed by atoms with van der Waals surface area (Å²) in [6, 6.07) is 13.8. The van der Waals surface area contributed by atoms with Gasteiger partial charge in [0, 0.05) is 16.8 Å². The van der Waals surface area contributed by atoms with Crippen molar-refractivity contribution >= 4 is 23.4 Å². The fourth-order valence-electron chi connectivity index (χ4n) is 2.26. The van der Waals surface area contributed by atoms with Crippen molar-refractivity contribution < 1.29 is 14.3 Å². The Kier molecular flexibility index (Phi) is 5.73. The Bertz CT molecular complexity index is 940. The van der Waals surface area contributed by atoms with Crippen LogP contribution in [-0.4, -0.2) is 22.0 Å². The lowest BCUT2D eigenvalue weighted by Crippen LogP contribution is -2.41. The summed E-state index contributed by atoms with van der Waals surface area (Å²) in [5, 5.41) is 6.87. The van der Waals surface area contributed by atoms with Crippen molar-refractivity contribution in [2.24, 2.45) is 0 Å². The van der Waals surface area contributed by atoms with Crippen molar-refractivity contribution in [1.82, 2.24) is 21.0 Å². The zero-order valence-electron chi connectivity index (χ0n) is 14.5. The minimum Gasteiger partial charge on any atom is -0.489 e. The first kappa shape index (κ1) is 18.5. The number of hydrogen-bond donors (Lipinski definition) is 3. The van der Waals surface area contributed by atoms with Gasteiger partial charge in [-0.15, -0.1) is 0 Å². The SMILES string of the molecule is Cc1cc(OCc2ccc(C(=O)NNC(=O)c3ccn[nH]3)cc2)ccc1Cl. The van der Waals surface area contributed by atoms with Crippen molar-refractivity contribution in [2.75, 3.05) is 0 Å². The van der Waals surface area contributed by atoms with Crippen LogP contribution in [0.5, 0.6) is 5.75 Å². The molecule has 0 unspecified atom stereocenters. The number of carbonyl (C=O) groups excluding carboxylic acids is 2. The molecule has 1 heterocycles. The Labute approximate surface area is 160 Å². The molecule has 0 bridgehead atoms. The van der Waals surface area contributed by atoms with Gasteiger partial charge in [-0.2, -0.15) is 5.10 Å². The van der Waals surface area contributed by atoms with Gasteiger partial charge in [0.05, 0.1) is 0 Å². The molecule has 1 aromatic heterocycles. The molecule has 3 rings (SSSR count). The smallest absolute Gasteiger partial charge is 0.287 e. The number of carbonyl (C=O) groups is 2. The number of H-pyrrole nitrogens is 1. The lowest BCUT2D eigenvalue weighted by Gasteiger charge is -2.09. The van der Waals surface area contributed by atoms with E-state index >= 15 is 0 Å². The number of aryl methyl sites for hydroxylation is 1. The molecule has 27 heavy (non-hydrogen) atoms. The van der Waals surface area contributed by atoms with Crippen molar-refractivity contribution in [1.29, 1.82) is 0 Å². The number of benzene rings is 2. The maximum atomic E-state index is 12.1. The minimum absolute atomic E-state index is 0.250. The highest BCUT2D eigenvalue weighted by molar-refractivity contribution is 6.31. The van der Waals surface area contributed by atoms with Gasteiger partial charge >= 0.3 is 0 Å². The van der Waals surface area contributed by atoms with E-state index in [4.69, 9.17) is 16.3 Å². The summed E-state index contributed by atoms with van der Waals surface area (Å²) in [6.07, 6.45) is 1.45. The normalized spacial score (nSPS) is 10.3. The van der Waals surface area contributed by atoms with E-state index in [1.807, 2.05) is 13.0 Å². The van der Waals surface area contributed by atoms with Crippen LogP contribution in [-0.2, 0) is 6.61 Å². The maximum absolute atomic E-state index is 12.1. The number of ether oxygens (including phenoxy) is 1. The molecule has 0 fully saturated rings. The summed E-state index contributed by atoms with van der Waals surface area (Å²) >= 11 is 5.99. The van der Waals surface area contributed by atoms with Crippen molar-refractivity contribution in [3.05, 3.63) is 82.1 Å². The molecule has 138 valence electrons. The second-order valence-electron chi connectivity index (χ2n) is 5.78. The number of aromatic amines is 1. The predicted octanol–water partition coefficient (Wildman–Crippen LogP) is 3.03. The highest BCUT2D eigenvalue weighted by Gasteiger charge is 2.10. The van der Waals surface area contributed by atoms with Gasteiger partial charge in [-0.1, -0.05) is 23.7 Å². The lowest BCUT2D eigenvalue weighted by atomic mass is 10.1. The Morgan fingerprint density at radius 3 is 2.48 bits per heavy atom. The van der Waals surface area contributed by atoms with Crippen molar-refractivity contribution in [3.8, 4) is 5.75 Å². The molecule has 0 aliphatic heterocycles. The molecular formula is C19H17ClN4O3. The molecule has 0 saturated heterocycles. The fourth-order valence-corrected chi connectivity index (χ4v) is 2.38. The van der Waals surface area contributed by atoms with Crippen LogP contribution >= 0.6 is 11.6 Å². The molecule has 0 atom stereocenters. The quantitative estimate of drug-likeness (QED) is 0.589. The van der Waals surface area contributed by atoms with Crippen LogP contribution in [0.15, 0.2) is 54.7 Å². The molecule has 0 saturated carbocycles.